The zero-order valence-electron chi connectivity index (χ0n) is 31.3. The van der Waals surface area contributed by atoms with Crippen molar-refractivity contribution < 1.29 is 23.7 Å². The van der Waals surface area contributed by atoms with Gasteiger partial charge in [0.15, 0.2) is 0 Å². The minimum absolute atomic E-state index is 0.00156. The summed E-state index contributed by atoms with van der Waals surface area (Å²) in [5, 5.41) is 16.0. The molecule has 2 aromatic carbocycles. The third-order valence-electron chi connectivity index (χ3n) is 12.0. The number of amides is 2. The summed E-state index contributed by atoms with van der Waals surface area (Å²) in [5.74, 6) is 0.324. The normalized spacial score (nSPS) is 27.8. The number of hydrogen-bond acceptors (Lipinski definition) is 7. The molecule has 1 aromatic heterocycles. The zero-order chi connectivity index (χ0) is 37.0. The van der Waals surface area contributed by atoms with Gasteiger partial charge in [-0.2, -0.15) is 5.10 Å². The van der Waals surface area contributed by atoms with Crippen LogP contribution in [0.4, 0.5) is 0 Å². The highest BCUT2D eigenvalue weighted by Crippen LogP contribution is 2.65. The molecule has 6 atom stereocenters. The Bertz CT molecular complexity index is 1850. The minimum Gasteiger partial charge on any atom is -0.404 e. The fourth-order valence-electron chi connectivity index (χ4n) is 9.01. The van der Waals surface area contributed by atoms with Crippen molar-refractivity contribution in [1.82, 2.24) is 20.4 Å². The molecule has 10 nitrogen and oxygen atoms in total. The molecule has 2 amide bonds. The largest absolute Gasteiger partial charge is 0.481 e. The zero-order valence-corrected chi connectivity index (χ0v) is 32.1. The van der Waals surface area contributed by atoms with Gasteiger partial charge in [-0.3, -0.25) is 14.3 Å². The lowest BCUT2D eigenvalue weighted by Gasteiger charge is -2.64. The Hall–Kier alpha value is -3.67. The number of carbonyl (C=O) groups is 2. The van der Waals surface area contributed by atoms with Crippen LogP contribution in [-0.2, 0) is 25.4 Å². The molecule has 2 aliphatic heterocycles. The van der Waals surface area contributed by atoms with Gasteiger partial charge in [-0.25, -0.2) is 0 Å². The van der Waals surface area contributed by atoms with Crippen LogP contribution in [0, 0.1) is 23.2 Å². The van der Waals surface area contributed by atoms with E-state index in [1.807, 2.05) is 62.4 Å². The van der Waals surface area contributed by atoms with Gasteiger partial charge in [0.05, 0.1) is 35.6 Å². The van der Waals surface area contributed by atoms with Crippen molar-refractivity contribution in [2.75, 3.05) is 6.54 Å². The van der Waals surface area contributed by atoms with E-state index >= 15 is 0 Å². The SMILES string of the molecule is CC(C)C[C@H](NC(=O)C1(Cc2cccc(Cl)c2)CC(CNC(=O)c2cc(-c3ccccc3)nn2C(C)C)=NO1)B1O[C@@H]2C[C@@H]3C[C@@H](C3(C)C)[C@]2(C)O1. The second-order valence-electron chi connectivity index (χ2n) is 16.8. The van der Waals surface area contributed by atoms with E-state index < -0.39 is 24.3 Å². The molecule has 276 valence electrons. The molecule has 3 aromatic rings. The Labute approximate surface area is 312 Å². The summed E-state index contributed by atoms with van der Waals surface area (Å²) >= 11 is 6.38. The molecule has 3 saturated carbocycles. The molecule has 3 heterocycles. The number of oxime groups is 1. The van der Waals surface area contributed by atoms with Crippen LogP contribution in [0.2, 0.25) is 5.02 Å². The summed E-state index contributed by atoms with van der Waals surface area (Å²) in [4.78, 5) is 34.3. The molecule has 12 heteroatoms. The van der Waals surface area contributed by atoms with Gasteiger partial charge in [0, 0.05) is 29.5 Å². The minimum atomic E-state index is -1.36. The van der Waals surface area contributed by atoms with Crippen LogP contribution in [0.5, 0.6) is 0 Å². The maximum atomic E-state index is 14.6. The van der Waals surface area contributed by atoms with Crippen molar-refractivity contribution in [1.29, 1.82) is 0 Å². The molecule has 5 aliphatic rings. The Kier molecular flexibility index (Phi) is 9.84. The second kappa shape index (κ2) is 14.0. The number of halogens is 1. The number of benzene rings is 2. The molecular weight excluding hydrogens is 677 g/mol. The molecule has 52 heavy (non-hydrogen) atoms. The Morgan fingerprint density at radius 3 is 2.50 bits per heavy atom. The van der Waals surface area contributed by atoms with Gasteiger partial charge in [0.2, 0.25) is 5.60 Å². The lowest BCUT2D eigenvalue weighted by molar-refractivity contribution is -0.199. The quantitative estimate of drug-likeness (QED) is 0.193. The van der Waals surface area contributed by atoms with Crippen LogP contribution in [0.3, 0.4) is 0 Å². The van der Waals surface area contributed by atoms with Gasteiger partial charge in [0.1, 0.15) is 5.69 Å². The molecular formula is C40H51BClN5O5. The Morgan fingerprint density at radius 1 is 1.04 bits per heavy atom. The first-order valence-corrected chi connectivity index (χ1v) is 19.1. The van der Waals surface area contributed by atoms with Crippen LogP contribution in [0.1, 0.15) is 96.2 Å². The summed E-state index contributed by atoms with van der Waals surface area (Å²) < 4.78 is 15.2. The van der Waals surface area contributed by atoms with Crippen LogP contribution < -0.4 is 10.6 Å². The van der Waals surface area contributed by atoms with Gasteiger partial charge in [-0.15, -0.1) is 0 Å². The van der Waals surface area contributed by atoms with E-state index in [0.29, 0.717) is 34.7 Å². The molecule has 8 rings (SSSR count). The highest BCUT2D eigenvalue weighted by Gasteiger charge is 2.68. The predicted octanol–water partition coefficient (Wildman–Crippen LogP) is 7.07. The monoisotopic (exact) mass is 727 g/mol. The number of hydrogen-bond donors (Lipinski definition) is 2. The standard InChI is InChI=1S/C40H51BClN5O5/c1-24(2)16-35(41-50-34-19-28-18-33(38(28,5)6)39(34,7)51-41)44-37(49)40(21-26-12-11-15-29(42)17-26)22-30(46-52-40)23-43-36(48)32-20-31(45-47(32)25(3)4)27-13-9-8-10-14-27/h8-15,17,20,24-25,28,33-35H,16,18-19,21-23H2,1-7H3,(H,43,48)(H,44,49)/t28-,33-,34+,35-,39-,40?/m0/s1. The van der Waals surface area contributed by atoms with Gasteiger partial charge < -0.3 is 24.8 Å². The number of nitrogens with zero attached hydrogens (tertiary/aromatic N) is 3. The first-order valence-electron chi connectivity index (χ1n) is 18.7. The van der Waals surface area contributed by atoms with E-state index in [1.165, 1.54) is 0 Å². The van der Waals surface area contributed by atoms with Crippen molar-refractivity contribution >= 4 is 36.2 Å². The van der Waals surface area contributed by atoms with Crippen LogP contribution in [-0.4, -0.2) is 64.2 Å². The number of carbonyl (C=O) groups excluding carboxylic acids is 2. The van der Waals surface area contributed by atoms with Gasteiger partial charge in [0.25, 0.3) is 11.8 Å². The van der Waals surface area contributed by atoms with Crippen LogP contribution in [0.15, 0.2) is 65.8 Å². The number of nitrogens with one attached hydrogen (secondary N) is 2. The lowest BCUT2D eigenvalue weighted by Crippen LogP contribution is -2.65. The first-order chi connectivity index (χ1) is 24.7. The molecule has 1 saturated heterocycles. The molecule has 0 spiro atoms. The first kappa shape index (κ1) is 36.7. The van der Waals surface area contributed by atoms with E-state index in [9.17, 15) is 9.59 Å². The van der Waals surface area contributed by atoms with E-state index in [2.05, 4.69) is 50.4 Å². The number of aromatic nitrogens is 2. The second-order valence-corrected chi connectivity index (χ2v) is 17.2. The molecule has 1 unspecified atom stereocenters. The summed E-state index contributed by atoms with van der Waals surface area (Å²) in [6.45, 7) is 15.2. The van der Waals surface area contributed by atoms with Gasteiger partial charge >= 0.3 is 7.12 Å². The predicted molar refractivity (Wildman–Crippen MR) is 203 cm³/mol. The van der Waals surface area contributed by atoms with Crippen molar-refractivity contribution in [3.63, 3.8) is 0 Å². The maximum Gasteiger partial charge on any atom is 0.481 e. The molecule has 4 fully saturated rings. The molecule has 3 aliphatic carbocycles. The Balaban J connectivity index is 1.08. The average molecular weight is 728 g/mol. The summed E-state index contributed by atoms with van der Waals surface area (Å²) in [6.07, 6.45) is 3.21. The maximum absolute atomic E-state index is 14.6. The summed E-state index contributed by atoms with van der Waals surface area (Å²) in [5.41, 5.74) is 1.94. The third kappa shape index (κ3) is 6.80. The third-order valence-corrected chi connectivity index (χ3v) is 12.2. The van der Waals surface area contributed by atoms with Crippen molar-refractivity contribution in [3.8, 4) is 11.3 Å². The highest BCUT2D eigenvalue weighted by atomic mass is 35.5. The van der Waals surface area contributed by atoms with E-state index in [-0.39, 0.29) is 54.7 Å². The smallest absolute Gasteiger partial charge is 0.404 e. The van der Waals surface area contributed by atoms with Crippen LogP contribution >= 0.6 is 11.6 Å². The fraction of sp³-hybridized carbons (Fsp3) is 0.550. The summed E-state index contributed by atoms with van der Waals surface area (Å²) in [6, 6.07) is 19.0. The van der Waals surface area contributed by atoms with Crippen molar-refractivity contribution in [2.24, 2.45) is 28.3 Å². The topological polar surface area (TPSA) is 116 Å². The average Bonchev–Trinajstić information content (AvgIpc) is 3.83. The molecule has 0 radical (unpaired) electrons. The van der Waals surface area contributed by atoms with Crippen molar-refractivity contribution in [3.05, 3.63) is 76.9 Å². The van der Waals surface area contributed by atoms with E-state index in [4.69, 9.17) is 30.8 Å². The fourth-order valence-corrected chi connectivity index (χ4v) is 9.22. The van der Waals surface area contributed by atoms with Crippen molar-refractivity contribution in [2.45, 2.75) is 110 Å². The van der Waals surface area contributed by atoms with Gasteiger partial charge in [-0.05, 0) is 87.0 Å². The van der Waals surface area contributed by atoms with E-state index in [0.717, 1.165) is 29.7 Å². The Morgan fingerprint density at radius 2 is 1.81 bits per heavy atom. The number of rotatable bonds is 12. The summed E-state index contributed by atoms with van der Waals surface area (Å²) in [7, 11) is -0.576. The van der Waals surface area contributed by atoms with E-state index in [1.54, 1.807) is 16.8 Å². The van der Waals surface area contributed by atoms with Gasteiger partial charge in [-0.1, -0.05) is 86.9 Å². The molecule has 2 N–H and O–H groups in total. The molecule has 2 bridgehead atoms. The highest BCUT2D eigenvalue weighted by molar-refractivity contribution is 6.48. The lowest BCUT2D eigenvalue weighted by atomic mass is 9.43. The van der Waals surface area contributed by atoms with Crippen LogP contribution in [0.25, 0.3) is 11.3 Å².